The van der Waals surface area contributed by atoms with Crippen LogP contribution in [0.1, 0.15) is 47.2 Å². The minimum atomic E-state index is -4.31. The van der Waals surface area contributed by atoms with Crippen molar-refractivity contribution in [1.29, 1.82) is 0 Å². The molecule has 2 fully saturated rings. The fourth-order valence-electron chi connectivity index (χ4n) is 5.28. The maximum atomic E-state index is 14.1. The van der Waals surface area contributed by atoms with Gasteiger partial charge in [0.1, 0.15) is 17.1 Å². The lowest BCUT2D eigenvalue weighted by Gasteiger charge is -2.22. The van der Waals surface area contributed by atoms with Crippen molar-refractivity contribution in [3.8, 4) is 5.75 Å². The van der Waals surface area contributed by atoms with E-state index < -0.39 is 21.8 Å². The van der Waals surface area contributed by atoms with Gasteiger partial charge >= 0.3 is 5.97 Å². The molecule has 0 bridgehead atoms. The van der Waals surface area contributed by atoms with Crippen LogP contribution in [-0.4, -0.2) is 64.6 Å². The molecule has 2 aromatic carbocycles. The van der Waals surface area contributed by atoms with Crippen LogP contribution in [0.4, 0.5) is 10.1 Å². The summed E-state index contributed by atoms with van der Waals surface area (Å²) in [5.74, 6) is -0.767. The molecule has 2 N–H and O–H groups in total. The number of ether oxygens (including phenoxy) is 2. The monoisotopic (exact) mass is 531 g/mol. The van der Waals surface area contributed by atoms with E-state index in [1.165, 1.54) is 13.2 Å². The zero-order valence-corrected chi connectivity index (χ0v) is 21.6. The van der Waals surface area contributed by atoms with E-state index in [9.17, 15) is 22.4 Å². The summed E-state index contributed by atoms with van der Waals surface area (Å²) in [5, 5.41) is 2.92. The van der Waals surface area contributed by atoms with Gasteiger partial charge < -0.3 is 19.7 Å². The number of rotatable bonds is 8. The van der Waals surface area contributed by atoms with Crippen LogP contribution in [0.3, 0.4) is 0 Å². The molecule has 3 atom stereocenters. The van der Waals surface area contributed by atoms with Gasteiger partial charge in [0.2, 0.25) is 5.91 Å². The molecule has 0 aromatic heterocycles. The van der Waals surface area contributed by atoms with E-state index in [0.29, 0.717) is 18.3 Å². The topological polar surface area (TPSA) is 114 Å². The minimum Gasteiger partial charge on any atom is -0.492 e. The van der Waals surface area contributed by atoms with Gasteiger partial charge in [0.25, 0.3) is 10.0 Å². The maximum absolute atomic E-state index is 14.1. The first kappa shape index (κ1) is 25.5. The largest absolute Gasteiger partial charge is 0.492 e. The molecule has 198 valence electrons. The molecule has 11 heteroatoms. The van der Waals surface area contributed by atoms with Crippen molar-refractivity contribution in [2.75, 3.05) is 38.1 Å². The lowest BCUT2D eigenvalue weighted by molar-refractivity contribution is -0.121. The van der Waals surface area contributed by atoms with Crippen LogP contribution < -0.4 is 14.8 Å². The Bertz CT molecular complexity index is 1350. The Kier molecular flexibility index (Phi) is 6.84. The van der Waals surface area contributed by atoms with Gasteiger partial charge in [-0.05, 0) is 60.7 Å². The Hall–Kier alpha value is -3.18. The Morgan fingerprint density at radius 1 is 1.24 bits per heavy atom. The number of nitrogens with one attached hydrogen (secondary N) is 2. The number of carbonyl (C=O) groups excluding carboxylic acids is 2. The van der Waals surface area contributed by atoms with E-state index in [1.54, 1.807) is 6.07 Å². The number of likely N-dealkylation sites (tertiary alicyclic amines) is 1. The van der Waals surface area contributed by atoms with E-state index in [4.69, 9.17) is 9.47 Å². The number of carbonyl (C=O) groups is 2. The summed E-state index contributed by atoms with van der Waals surface area (Å²) in [6, 6.07) is 6.42. The molecule has 0 radical (unpaired) electrons. The average molecular weight is 532 g/mol. The van der Waals surface area contributed by atoms with Gasteiger partial charge in [0.05, 0.1) is 30.7 Å². The normalized spacial score (nSPS) is 22.4. The van der Waals surface area contributed by atoms with Crippen molar-refractivity contribution < 1.29 is 31.9 Å². The van der Waals surface area contributed by atoms with Crippen molar-refractivity contribution >= 4 is 27.6 Å². The fourth-order valence-corrected chi connectivity index (χ4v) is 6.57. The molecular formula is C26H30FN3O6S. The van der Waals surface area contributed by atoms with Crippen LogP contribution in [0, 0.1) is 11.7 Å². The molecular weight excluding hydrogens is 501 g/mol. The number of benzene rings is 2. The molecule has 1 aliphatic carbocycles. The lowest BCUT2D eigenvalue weighted by atomic mass is 10.0. The lowest BCUT2D eigenvalue weighted by Crippen LogP contribution is -2.38. The number of amides is 1. The Balaban J connectivity index is 1.41. The number of hydrogen-bond donors (Lipinski definition) is 2. The number of fused-ring (bicyclic) bond motifs is 3. The molecule has 5 rings (SSSR count). The highest BCUT2D eigenvalue weighted by Crippen LogP contribution is 2.55. The van der Waals surface area contributed by atoms with Crippen LogP contribution in [0.15, 0.2) is 35.2 Å². The summed E-state index contributed by atoms with van der Waals surface area (Å²) >= 11 is 0. The molecule has 1 saturated carbocycles. The highest BCUT2D eigenvalue weighted by atomic mass is 32.2. The third kappa shape index (κ3) is 5.15. The van der Waals surface area contributed by atoms with Crippen molar-refractivity contribution in [2.24, 2.45) is 5.92 Å². The standard InChI is InChI=1S/C26H30FN3O6S/c1-3-30-9-8-18(13-30)28-23(31)12-15-10-17(27)4-7-22(15)37(33,34)29-21-6-5-19-20-11-16(20)14-36-25(19)24(21)26(32)35-2/h4-7,10,16,18,20,29H,3,8-9,11-14H2,1-2H3,(H,28,31)/t16-,18+,20-/m0/s1. The molecule has 0 spiro atoms. The van der Waals surface area contributed by atoms with Crippen LogP contribution in [-0.2, 0) is 26.0 Å². The summed E-state index contributed by atoms with van der Waals surface area (Å²) in [6.45, 7) is 4.97. The predicted molar refractivity (Wildman–Crippen MR) is 134 cm³/mol. The smallest absolute Gasteiger partial charge is 0.343 e. The number of anilines is 1. The summed E-state index contributed by atoms with van der Waals surface area (Å²) in [4.78, 5) is 27.4. The third-order valence-corrected chi connectivity index (χ3v) is 8.80. The summed E-state index contributed by atoms with van der Waals surface area (Å²) in [5.41, 5.74) is 0.865. The SMILES string of the molecule is CCN1CC[C@@H](NC(=O)Cc2cc(F)ccc2S(=O)(=O)Nc2ccc3c(c2C(=O)OC)OC[C@@H]2C[C@H]32)C1. The Morgan fingerprint density at radius 3 is 2.78 bits per heavy atom. The highest BCUT2D eigenvalue weighted by molar-refractivity contribution is 7.92. The second-order valence-corrected chi connectivity index (χ2v) is 11.4. The maximum Gasteiger partial charge on any atom is 0.343 e. The molecule has 2 aliphatic heterocycles. The second kappa shape index (κ2) is 9.94. The van der Waals surface area contributed by atoms with Crippen LogP contribution >= 0.6 is 0 Å². The molecule has 1 amide bonds. The summed E-state index contributed by atoms with van der Waals surface area (Å²) in [6.07, 6.45) is 1.45. The number of nitrogens with zero attached hydrogens (tertiary/aromatic N) is 1. The van der Waals surface area contributed by atoms with Crippen molar-refractivity contribution in [3.05, 3.63) is 52.8 Å². The average Bonchev–Trinajstić information content (AvgIpc) is 3.53. The van der Waals surface area contributed by atoms with Crippen LogP contribution in [0.2, 0.25) is 0 Å². The molecule has 3 aliphatic rings. The van der Waals surface area contributed by atoms with Gasteiger partial charge in [-0.1, -0.05) is 13.0 Å². The summed E-state index contributed by atoms with van der Waals surface area (Å²) < 4.78 is 54.3. The fraction of sp³-hybridized carbons (Fsp3) is 0.462. The van der Waals surface area contributed by atoms with Crippen molar-refractivity contribution in [2.45, 2.75) is 43.0 Å². The van der Waals surface area contributed by atoms with E-state index in [2.05, 4.69) is 14.9 Å². The van der Waals surface area contributed by atoms with E-state index in [-0.39, 0.29) is 46.0 Å². The third-order valence-electron chi connectivity index (χ3n) is 7.33. The molecule has 1 saturated heterocycles. The van der Waals surface area contributed by atoms with Crippen molar-refractivity contribution in [1.82, 2.24) is 10.2 Å². The van der Waals surface area contributed by atoms with E-state index in [0.717, 1.165) is 56.2 Å². The van der Waals surface area contributed by atoms with Crippen LogP contribution in [0.5, 0.6) is 5.75 Å². The van der Waals surface area contributed by atoms with Gasteiger partial charge in [0.15, 0.2) is 0 Å². The number of likely N-dealkylation sites (N-methyl/N-ethyl adjacent to an activating group) is 1. The number of methoxy groups -OCH3 is 1. The van der Waals surface area contributed by atoms with Crippen molar-refractivity contribution in [3.63, 3.8) is 0 Å². The number of sulfonamides is 1. The zero-order valence-electron chi connectivity index (χ0n) is 20.8. The first-order valence-corrected chi connectivity index (χ1v) is 13.9. The first-order chi connectivity index (χ1) is 17.7. The minimum absolute atomic E-state index is 0.00274. The number of halogens is 1. The predicted octanol–water partition coefficient (Wildman–Crippen LogP) is 2.66. The second-order valence-electron chi connectivity index (χ2n) is 9.79. The molecule has 9 nitrogen and oxygen atoms in total. The van der Waals surface area contributed by atoms with Gasteiger partial charge in [-0.15, -0.1) is 0 Å². The number of esters is 1. The summed E-state index contributed by atoms with van der Waals surface area (Å²) in [7, 11) is -3.10. The molecule has 2 heterocycles. The Labute approximate surface area is 215 Å². The first-order valence-electron chi connectivity index (χ1n) is 12.4. The zero-order chi connectivity index (χ0) is 26.3. The van der Waals surface area contributed by atoms with Gasteiger partial charge in [-0.25, -0.2) is 17.6 Å². The molecule has 37 heavy (non-hydrogen) atoms. The van der Waals surface area contributed by atoms with Gasteiger partial charge in [-0.3, -0.25) is 9.52 Å². The van der Waals surface area contributed by atoms with Gasteiger partial charge in [0, 0.05) is 25.0 Å². The quantitative estimate of drug-likeness (QED) is 0.504. The Morgan fingerprint density at radius 2 is 2.05 bits per heavy atom. The highest BCUT2D eigenvalue weighted by Gasteiger charge is 2.45. The van der Waals surface area contributed by atoms with E-state index >= 15 is 0 Å². The van der Waals surface area contributed by atoms with Crippen LogP contribution in [0.25, 0.3) is 0 Å². The molecule has 0 unspecified atom stereocenters. The molecule has 2 aromatic rings. The number of hydrogen-bond acceptors (Lipinski definition) is 7. The van der Waals surface area contributed by atoms with E-state index in [1.807, 2.05) is 6.92 Å². The van der Waals surface area contributed by atoms with Gasteiger partial charge in [-0.2, -0.15) is 0 Å².